The molecule has 2 bridgehead atoms. The quantitative estimate of drug-likeness (QED) is 0.202. The molecule has 6 heterocycles. The first-order valence-corrected chi connectivity index (χ1v) is 21.7. The molecule has 3 saturated heterocycles. The number of aromatic nitrogens is 1. The number of esters is 3. The molecule has 14 heteroatoms. The molecule has 1 aromatic heterocycles. The first-order chi connectivity index (χ1) is 28.6. The molecule has 1 saturated carbocycles. The van der Waals surface area contributed by atoms with Crippen LogP contribution in [0, 0.1) is 11.3 Å². The number of rotatable bonds is 7. The fraction of sp³-hybridized carbons (Fsp3) is 0.630. The molecule has 6 aliphatic rings. The van der Waals surface area contributed by atoms with Gasteiger partial charge in [-0.2, -0.15) is 0 Å². The van der Waals surface area contributed by atoms with Crippen molar-refractivity contribution in [2.45, 2.75) is 119 Å². The van der Waals surface area contributed by atoms with Crippen LogP contribution in [0.2, 0.25) is 0 Å². The number of aliphatic hydroxyl groups is 3. The molecule has 324 valence electrons. The Hall–Kier alpha value is -4.21. The van der Waals surface area contributed by atoms with Gasteiger partial charge in [-0.1, -0.05) is 32.0 Å². The molecular formula is C46H60N4O10. The van der Waals surface area contributed by atoms with Crippen molar-refractivity contribution in [3.05, 3.63) is 58.8 Å². The van der Waals surface area contributed by atoms with E-state index in [9.17, 15) is 24.9 Å². The van der Waals surface area contributed by atoms with Gasteiger partial charge in [0.15, 0.2) is 6.10 Å². The van der Waals surface area contributed by atoms with Crippen LogP contribution in [0.3, 0.4) is 0 Å². The van der Waals surface area contributed by atoms with Gasteiger partial charge >= 0.3 is 17.9 Å². The van der Waals surface area contributed by atoms with E-state index in [1.807, 2.05) is 50.1 Å². The minimum Gasteiger partial charge on any atom is -0.496 e. The van der Waals surface area contributed by atoms with Crippen molar-refractivity contribution in [3.63, 3.8) is 0 Å². The van der Waals surface area contributed by atoms with Crippen molar-refractivity contribution < 1.29 is 48.7 Å². The van der Waals surface area contributed by atoms with Crippen LogP contribution < -0.4 is 9.64 Å². The normalized spacial score (nSPS) is 38.1. The summed E-state index contributed by atoms with van der Waals surface area (Å²) in [5, 5.41) is 37.8. The molecule has 2 aromatic carbocycles. The topological polar surface area (TPSA) is 174 Å². The molecule has 4 N–H and O–H groups in total. The number of carbonyl (C=O) groups excluding carboxylic acids is 3. The highest BCUT2D eigenvalue weighted by atomic mass is 16.6. The number of anilines is 1. The molecule has 5 aliphatic heterocycles. The molecular weight excluding hydrogens is 769 g/mol. The molecule has 14 nitrogen and oxygen atoms in total. The lowest BCUT2D eigenvalue weighted by Gasteiger charge is -2.65. The molecule has 9 rings (SSSR count). The van der Waals surface area contributed by atoms with Crippen molar-refractivity contribution in [3.8, 4) is 5.75 Å². The van der Waals surface area contributed by atoms with Gasteiger partial charge in [-0.3, -0.25) is 19.4 Å². The van der Waals surface area contributed by atoms with Crippen molar-refractivity contribution in [1.29, 1.82) is 0 Å². The largest absolute Gasteiger partial charge is 0.496 e. The van der Waals surface area contributed by atoms with Gasteiger partial charge in [0, 0.05) is 84.4 Å². The first kappa shape index (κ1) is 41.2. The number of hydrogen-bond donors (Lipinski definition) is 4. The maximum atomic E-state index is 15.3. The zero-order valence-electron chi connectivity index (χ0n) is 35.9. The fourth-order valence-corrected chi connectivity index (χ4v) is 14.0. The van der Waals surface area contributed by atoms with Crippen molar-refractivity contribution in [2.24, 2.45) is 11.3 Å². The van der Waals surface area contributed by atoms with E-state index in [0.717, 1.165) is 27.7 Å². The number of carbonyl (C=O) groups is 3. The lowest BCUT2D eigenvalue weighted by atomic mass is 9.46. The molecule has 3 unspecified atom stereocenters. The monoisotopic (exact) mass is 828 g/mol. The Morgan fingerprint density at radius 1 is 0.917 bits per heavy atom. The van der Waals surface area contributed by atoms with E-state index in [-0.39, 0.29) is 18.4 Å². The number of piperidine rings is 2. The molecule has 0 amide bonds. The molecule has 1 spiro atoms. The number of fused-ring (bicyclic) bond motifs is 6. The van der Waals surface area contributed by atoms with Crippen LogP contribution in [-0.2, 0) is 45.8 Å². The Balaban J connectivity index is 1.35. The maximum Gasteiger partial charge on any atom is 0.344 e. The minimum atomic E-state index is -2.37. The van der Waals surface area contributed by atoms with Crippen LogP contribution >= 0.6 is 0 Å². The van der Waals surface area contributed by atoms with Crippen LogP contribution in [0.15, 0.2) is 36.4 Å². The summed E-state index contributed by atoms with van der Waals surface area (Å²) in [6.45, 7) is 7.37. The fourth-order valence-electron chi connectivity index (χ4n) is 14.0. The van der Waals surface area contributed by atoms with Gasteiger partial charge in [0.05, 0.1) is 33.5 Å². The van der Waals surface area contributed by atoms with E-state index < -0.39 is 63.7 Å². The number of aliphatic hydroxyl groups excluding tert-OH is 1. The van der Waals surface area contributed by atoms with E-state index in [1.54, 1.807) is 7.11 Å². The summed E-state index contributed by atoms with van der Waals surface area (Å²) in [7, 11) is 6.08. The SMILES string of the molecule is CCC1(O)CCC2CN1CCc1c([nH]c3ccccc13)[C@@](C(=O)OC)(c1cc3c(cc1OC)N(C)[C@H]1[C@@](O)(C(=O)OC)[C@H](OC(C)=O)[C@]4(CC)C[C@H](O)CN5CC[C@]31[C@@H]54)C2. The Bertz CT molecular complexity index is 2250. The van der Waals surface area contributed by atoms with Crippen molar-refractivity contribution in [2.75, 3.05) is 59.5 Å². The van der Waals surface area contributed by atoms with Gasteiger partial charge in [-0.25, -0.2) is 4.79 Å². The van der Waals surface area contributed by atoms with Gasteiger partial charge < -0.3 is 44.2 Å². The van der Waals surface area contributed by atoms with E-state index in [2.05, 4.69) is 26.9 Å². The van der Waals surface area contributed by atoms with Crippen molar-refractivity contribution >= 4 is 34.5 Å². The van der Waals surface area contributed by atoms with E-state index in [1.165, 1.54) is 21.1 Å². The molecule has 60 heavy (non-hydrogen) atoms. The minimum absolute atomic E-state index is 0.0158. The molecule has 1 aliphatic carbocycles. The van der Waals surface area contributed by atoms with Crippen LogP contribution in [0.1, 0.15) is 88.1 Å². The van der Waals surface area contributed by atoms with E-state index >= 15 is 4.79 Å². The number of methoxy groups -OCH3 is 3. The van der Waals surface area contributed by atoms with E-state index in [0.29, 0.717) is 88.1 Å². The molecule has 0 radical (unpaired) electrons. The average molecular weight is 829 g/mol. The number of H-pyrrole nitrogens is 1. The lowest BCUT2D eigenvalue weighted by Crippen LogP contribution is -2.82. The summed E-state index contributed by atoms with van der Waals surface area (Å²) in [4.78, 5) is 52.9. The lowest BCUT2D eigenvalue weighted by molar-refractivity contribution is -0.249. The first-order valence-electron chi connectivity index (χ1n) is 21.7. The summed E-state index contributed by atoms with van der Waals surface area (Å²) in [6, 6.07) is 10.7. The maximum absolute atomic E-state index is 15.3. The number of aromatic amines is 1. The Morgan fingerprint density at radius 3 is 2.35 bits per heavy atom. The number of nitrogens with one attached hydrogen (secondary N) is 1. The van der Waals surface area contributed by atoms with Crippen LogP contribution in [0.4, 0.5) is 5.69 Å². The van der Waals surface area contributed by atoms with E-state index in [4.69, 9.17) is 18.9 Å². The van der Waals surface area contributed by atoms with Gasteiger partial charge in [0.2, 0.25) is 5.60 Å². The van der Waals surface area contributed by atoms with Crippen LogP contribution in [0.5, 0.6) is 5.75 Å². The third-order valence-electron chi connectivity index (χ3n) is 16.2. The average Bonchev–Trinajstić information content (AvgIpc) is 3.90. The summed E-state index contributed by atoms with van der Waals surface area (Å²) < 4.78 is 23.9. The number of ether oxygens (including phenoxy) is 4. The highest BCUT2D eigenvalue weighted by molar-refractivity contribution is 5.95. The Labute approximate surface area is 351 Å². The standard InChI is InChI=1S/C46H60N4O10/c1-8-42-23-28(52)25-49-19-17-44(37(42)49)31-20-32(35(57-5)21-34(31)48(4)38(44)46(56,41(54)59-7)39(42)60-26(3)51)45(40(53)58-6)22-27-14-16-43(55,9-2)50(24-27)18-15-30-29-12-10-11-13-33(29)47-36(30)45/h10-13,20-21,27-28,37-39,47,52,55-56H,8-9,14-19,22-25H2,1-7H3/t27?,28-,37-,38+,39+,42+,43?,44+,45-,46-/m0/s1. The highest BCUT2D eigenvalue weighted by Gasteiger charge is 2.81. The summed E-state index contributed by atoms with van der Waals surface area (Å²) in [5.74, 6) is -1.59. The second-order valence-electron chi connectivity index (χ2n) is 18.6. The van der Waals surface area contributed by atoms with Gasteiger partial charge in [-0.15, -0.1) is 0 Å². The zero-order chi connectivity index (χ0) is 42.7. The number of likely N-dealkylation sites (N-methyl/N-ethyl adjacent to an activating group) is 1. The number of benzene rings is 2. The van der Waals surface area contributed by atoms with Crippen LogP contribution in [-0.4, -0.2) is 138 Å². The van der Waals surface area contributed by atoms with Gasteiger partial charge in [0.25, 0.3) is 0 Å². The van der Waals surface area contributed by atoms with Gasteiger partial charge in [-0.05, 0) is 87.1 Å². The Kier molecular flexibility index (Phi) is 9.72. The summed E-state index contributed by atoms with van der Waals surface area (Å²) in [5.41, 5.74) is -2.07. The second-order valence-corrected chi connectivity index (χ2v) is 18.6. The van der Waals surface area contributed by atoms with Gasteiger partial charge in [0.1, 0.15) is 16.9 Å². The zero-order valence-corrected chi connectivity index (χ0v) is 35.9. The summed E-state index contributed by atoms with van der Waals surface area (Å²) in [6.07, 6.45) is 1.68. The number of nitrogens with zero attached hydrogens (tertiary/aromatic N) is 3. The third kappa shape index (κ3) is 5.20. The number of para-hydroxylation sites is 1. The summed E-state index contributed by atoms with van der Waals surface area (Å²) >= 11 is 0. The molecule has 11 atom stereocenters. The predicted molar refractivity (Wildman–Crippen MR) is 222 cm³/mol. The van der Waals surface area contributed by atoms with Crippen LogP contribution in [0.25, 0.3) is 10.9 Å². The Morgan fingerprint density at radius 2 is 1.67 bits per heavy atom. The number of hydrogen-bond acceptors (Lipinski definition) is 13. The predicted octanol–water partition coefficient (Wildman–Crippen LogP) is 3.53. The third-order valence-corrected chi connectivity index (χ3v) is 16.2. The highest BCUT2D eigenvalue weighted by Crippen LogP contribution is 2.69. The molecule has 3 aromatic rings. The second kappa shape index (κ2) is 14.2. The smallest absolute Gasteiger partial charge is 0.344 e. The molecule has 4 fully saturated rings. The van der Waals surface area contributed by atoms with Crippen molar-refractivity contribution in [1.82, 2.24) is 14.8 Å².